The molecule has 1 aromatic rings. The van der Waals surface area contributed by atoms with Gasteiger partial charge >= 0.3 is 0 Å². The number of anilines is 1. The van der Waals surface area contributed by atoms with E-state index in [1.165, 1.54) is 0 Å². The molecule has 2 unspecified atom stereocenters. The molecule has 108 valence electrons. The van der Waals surface area contributed by atoms with Gasteiger partial charge in [0, 0.05) is 29.8 Å². The van der Waals surface area contributed by atoms with Crippen LogP contribution in [0.25, 0.3) is 0 Å². The van der Waals surface area contributed by atoms with Gasteiger partial charge in [0.2, 0.25) is 5.91 Å². The summed E-state index contributed by atoms with van der Waals surface area (Å²) >= 11 is 0. The molecule has 0 aliphatic heterocycles. The van der Waals surface area contributed by atoms with E-state index >= 15 is 0 Å². The Morgan fingerprint density at radius 1 is 1.25 bits per heavy atom. The van der Waals surface area contributed by atoms with E-state index in [9.17, 15) is 9.59 Å². The Bertz CT molecular complexity index is 484. The molecule has 5 heteroatoms. The van der Waals surface area contributed by atoms with Gasteiger partial charge in [-0.3, -0.25) is 9.59 Å². The van der Waals surface area contributed by atoms with Gasteiger partial charge in [0.25, 0.3) is 5.91 Å². The Labute approximate surface area is 118 Å². The number of nitrogens with two attached hydrogens (primary N) is 1. The molecule has 1 fully saturated rings. The smallest absolute Gasteiger partial charge is 0.251 e. The van der Waals surface area contributed by atoms with Crippen molar-refractivity contribution in [3.05, 3.63) is 29.8 Å². The zero-order chi connectivity index (χ0) is 14.5. The molecule has 0 saturated heterocycles. The minimum Gasteiger partial charge on any atom is -0.352 e. The largest absolute Gasteiger partial charge is 0.352 e. The van der Waals surface area contributed by atoms with E-state index in [1.54, 1.807) is 24.3 Å². The maximum Gasteiger partial charge on any atom is 0.251 e. The lowest BCUT2D eigenvalue weighted by molar-refractivity contribution is -0.119. The SMILES string of the molecule is CCNC(=O)c1ccc(NC(=O)C2CCC(N)C2)cc1. The van der Waals surface area contributed by atoms with Crippen LogP contribution in [0.5, 0.6) is 0 Å². The van der Waals surface area contributed by atoms with Gasteiger partial charge < -0.3 is 16.4 Å². The standard InChI is InChI=1S/C15H21N3O2/c1-2-17-14(19)10-4-7-13(8-5-10)18-15(20)11-3-6-12(16)9-11/h4-5,7-8,11-12H,2-3,6,9,16H2,1H3,(H,17,19)(H,18,20). The summed E-state index contributed by atoms with van der Waals surface area (Å²) in [7, 11) is 0. The molecule has 2 rings (SSSR count). The molecule has 2 amide bonds. The summed E-state index contributed by atoms with van der Waals surface area (Å²) in [5.74, 6) is -0.0797. The number of benzene rings is 1. The lowest BCUT2D eigenvalue weighted by atomic mass is 10.1. The Morgan fingerprint density at radius 3 is 2.50 bits per heavy atom. The van der Waals surface area contributed by atoms with E-state index in [1.807, 2.05) is 6.92 Å². The fraction of sp³-hybridized carbons (Fsp3) is 0.467. The van der Waals surface area contributed by atoms with Crippen LogP contribution in [0.4, 0.5) is 5.69 Å². The van der Waals surface area contributed by atoms with Crippen molar-refractivity contribution in [2.75, 3.05) is 11.9 Å². The quantitative estimate of drug-likeness (QED) is 0.778. The van der Waals surface area contributed by atoms with Crippen LogP contribution >= 0.6 is 0 Å². The molecule has 20 heavy (non-hydrogen) atoms. The number of hydrogen-bond donors (Lipinski definition) is 3. The van der Waals surface area contributed by atoms with E-state index in [0.717, 1.165) is 19.3 Å². The first kappa shape index (κ1) is 14.5. The molecule has 1 aliphatic carbocycles. The van der Waals surface area contributed by atoms with Crippen LogP contribution in [0.3, 0.4) is 0 Å². The van der Waals surface area contributed by atoms with Crippen LogP contribution < -0.4 is 16.4 Å². The topological polar surface area (TPSA) is 84.2 Å². The van der Waals surface area contributed by atoms with Gasteiger partial charge in [-0.2, -0.15) is 0 Å². The van der Waals surface area contributed by atoms with Crippen molar-refractivity contribution in [2.24, 2.45) is 11.7 Å². The maximum atomic E-state index is 12.0. The van der Waals surface area contributed by atoms with Crippen LogP contribution in [0.15, 0.2) is 24.3 Å². The van der Waals surface area contributed by atoms with Crippen molar-refractivity contribution in [3.8, 4) is 0 Å². The third-order valence-corrected chi connectivity index (χ3v) is 3.60. The summed E-state index contributed by atoms with van der Waals surface area (Å²) in [5.41, 5.74) is 7.12. The predicted molar refractivity (Wildman–Crippen MR) is 78.4 cm³/mol. The van der Waals surface area contributed by atoms with Crippen LogP contribution in [0, 0.1) is 5.92 Å². The average Bonchev–Trinajstić information content (AvgIpc) is 2.86. The lowest BCUT2D eigenvalue weighted by Crippen LogP contribution is -2.24. The summed E-state index contributed by atoms with van der Waals surface area (Å²) in [6.07, 6.45) is 2.51. The highest BCUT2D eigenvalue weighted by molar-refractivity contribution is 5.96. The average molecular weight is 275 g/mol. The molecule has 0 spiro atoms. The fourth-order valence-corrected chi connectivity index (χ4v) is 2.47. The molecule has 0 heterocycles. The molecule has 0 aromatic heterocycles. The first-order chi connectivity index (χ1) is 9.60. The number of rotatable bonds is 4. The molecule has 1 aliphatic rings. The molecule has 0 radical (unpaired) electrons. The second-order valence-corrected chi connectivity index (χ2v) is 5.20. The maximum absolute atomic E-state index is 12.0. The van der Waals surface area contributed by atoms with E-state index in [2.05, 4.69) is 10.6 Å². The molecular formula is C15H21N3O2. The summed E-state index contributed by atoms with van der Waals surface area (Å²) in [5, 5.41) is 5.61. The lowest BCUT2D eigenvalue weighted by Gasteiger charge is -2.11. The molecular weight excluding hydrogens is 254 g/mol. The number of amides is 2. The summed E-state index contributed by atoms with van der Waals surface area (Å²) in [6.45, 7) is 2.47. The van der Waals surface area contributed by atoms with Crippen LogP contribution in [-0.2, 0) is 4.79 Å². The molecule has 1 aromatic carbocycles. The zero-order valence-corrected chi connectivity index (χ0v) is 11.7. The minimum atomic E-state index is -0.104. The first-order valence-electron chi connectivity index (χ1n) is 7.05. The molecule has 5 nitrogen and oxygen atoms in total. The second kappa shape index (κ2) is 6.52. The van der Waals surface area contributed by atoms with Gasteiger partial charge in [0.05, 0.1) is 0 Å². The monoisotopic (exact) mass is 275 g/mol. The van der Waals surface area contributed by atoms with E-state index in [0.29, 0.717) is 17.8 Å². The number of hydrogen-bond acceptors (Lipinski definition) is 3. The molecule has 1 saturated carbocycles. The zero-order valence-electron chi connectivity index (χ0n) is 11.7. The molecule has 2 atom stereocenters. The van der Waals surface area contributed by atoms with Gasteiger partial charge in [0.1, 0.15) is 0 Å². The highest BCUT2D eigenvalue weighted by Gasteiger charge is 2.27. The van der Waals surface area contributed by atoms with Crippen LogP contribution in [0.1, 0.15) is 36.5 Å². The Kier molecular flexibility index (Phi) is 4.74. The number of nitrogens with one attached hydrogen (secondary N) is 2. The number of carbonyl (C=O) groups excluding carboxylic acids is 2. The van der Waals surface area contributed by atoms with Crippen molar-refractivity contribution in [2.45, 2.75) is 32.2 Å². The van der Waals surface area contributed by atoms with Gasteiger partial charge in [-0.1, -0.05) is 0 Å². The highest BCUT2D eigenvalue weighted by Crippen LogP contribution is 2.25. The second-order valence-electron chi connectivity index (χ2n) is 5.20. The third kappa shape index (κ3) is 3.57. The fourth-order valence-electron chi connectivity index (χ4n) is 2.47. The summed E-state index contributed by atoms with van der Waals surface area (Å²) in [4.78, 5) is 23.6. The van der Waals surface area contributed by atoms with E-state index in [-0.39, 0.29) is 23.8 Å². The molecule has 0 bridgehead atoms. The Balaban J connectivity index is 1.93. The van der Waals surface area contributed by atoms with E-state index in [4.69, 9.17) is 5.73 Å². The summed E-state index contributed by atoms with van der Waals surface area (Å²) in [6, 6.07) is 7.06. The Hall–Kier alpha value is -1.88. The normalized spacial score (nSPS) is 21.5. The number of carbonyl (C=O) groups is 2. The van der Waals surface area contributed by atoms with Crippen molar-refractivity contribution in [3.63, 3.8) is 0 Å². The Morgan fingerprint density at radius 2 is 1.95 bits per heavy atom. The predicted octanol–water partition coefficient (Wildman–Crippen LogP) is 1.50. The van der Waals surface area contributed by atoms with Crippen molar-refractivity contribution in [1.82, 2.24) is 5.32 Å². The van der Waals surface area contributed by atoms with Crippen molar-refractivity contribution >= 4 is 17.5 Å². The van der Waals surface area contributed by atoms with Crippen LogP contribution in [-0.4, -0.2) is 24.4 Å². The minimum absolute atomic E-state index is 0.00747. The van der Waals surface area contributed by atoms with E-state index < -0.39 is 0 Å². The van der Waals surface area contributed by atoms with Crippen molar-refractivity contribution in [1.29, 1.82) is 0 Å². The van der Waals surface area contributed by atoms with Gasteiger partial charge in [-0.15, -0.1) is 0 Å². The van der Waals surface area contributed by atoms with Gasteiger partial charge in [0.15, 0.2) is 0 Å². The summed E-state index contributed by atoms with van der Waals surface area (Å²) < 4.78 is 0. The third-order valence-electron chi connectivity index (χ3n) is 3.60. The molecule has 4 N–H and O–H groups in total. The first-order valence-corrected chi connectivity index (χ1v) is 7.05. The van der Waals surface area contributed by atoms with Crippen LogP contribution in [0.2, 0.25) is 0 Å². The van der Waals surface area contributed by atoms with Crippen molar-refractivity contribution < 1.29 is 9.59 Å². The highest BCUT2D eigenvalue weighted by atomic mass is 16.2. The van der Waals surface area contributed by atoms with Gasteiger partial charge in [-0.05, 0) is 50.5 Å². The van der Waals surface area contributed by atoms with Gasteiger partial charge in [-0.25, -0.2) is 0 Å².